The molecular weight excluding hydrogens is 186 g/mol. The van der Waals surface area contributed by atoms with Crippen molar-refractivity contribution in [1.29, 1.82) is 5.26 Å². The van der Waals surface area contributed by atoms with E-state index in [1.807, 2.05) is 6.07 Å². The molecule has 0 spiro atoms. The van der Waals surface area contributed by atoms with Gasteiger partial charge in [-0.3, -0.25) is 0 Å². The van der Waals surface area contributed by atoms with E-state index in [0.29, 0.717) is 10.6 Å². The summed E-state index contributed by atoms with van der Waals surface area (Å²) in [5.41, 5.74) is 1.30. The lowest BCUT2D eigenvalue weighted by atomic mass is 10.1. The van der Waals surface area contributed by atoms with Crippen molar-refractivity contribution >= 4 is 17.7 Å². The Hall–Kier alpha value is -1.30. The van der Waals surface area contributed by atoms with Gasteiger partial charge in [0.15, 0.2) is 0 Å². The minimum Gasteiger partial charge on any atom is -0.392 e. The number of hydrogen-bond acceptors (Lipinski definition) is 2. The molecular formula is C10H8ClNO. The summed E-state index contributed by atoms with van der Waals surface area (Å²) in [6.45, 7) is -0.00941. The van der Waals surface area contributed by atoms with Crippen molar-refractivity contribution in [2.24, 2.45) is 0 Å². The fourth-order valence-corrected chi connectivity index (χ4v) is 1.08. The second kappa shape index (κ2) is 4.66. The summed E-state index contributed by atoms with van der Waals surface area (Å²) in [6.07, 6.45) is 3.33. The van der Waals surface area contributed by atoms with Gasteiger partial charge in [-0.1, -0.05) is 29.8 Å². The Labute approximate surface area is 81.7 Å². The number of hydrogen-bond donors (Lipinski definition) is 1. The van der Waals surface area contributed by atoms with E-state index < -0.39 is 0 Å². The fraction of sp³-hybridized carbons (Fsp3) is 0.100. The summed E-state index contributed by atoms with van der Waals surface area (Å²) < 4.78 is 0. The lowest BCUT2D eigenvalue weighted by molar-refractivity contribution is 0.343. The molecule has 1 rings (SSSR count). The number of nitrogens with zero attached hydrogens (tertiary/aromatic N) is 1. The second-order valence-corrected chi connectivity index (χ2v) is 2.84. The van der Waals surface area contributed by atoms with Crippen LogP contribution in [0.4, 0.5) is 0 Å². The lowest BCUT2D eigenvalue weighted by Gasteiger charge is -1.96. The third-order valence-corrected chi connectivity index (χ3v) is 1.86. The molecule has 0 saturated carbocycles. The van der Waals surface area contributed by atoms with Crippen molar-refractivity contribution in [2.45, 2.75) is 0 Å². The van der Waals surface area contributed by atoms with Gasteiger partial charge in [-0.15, -0.1) is 0 Å². The van der Waals surface area contributed by atoms with Crippen molar-refractivity contribution in [2.75, 3.05) is 6.61 Å². The Bertz CT molecular complexity index is 366. The number of benzene rings is 1. The molecule has 1 N–H and O–H groups in total. The third-order valence-electron chi connectivity index (χ3n) is 1.53. The van der Waals surface area contributed by atoms with Crippen LogP contribution in [0.2, 0.25) is 5.02 Å². The van der Waals surface area contributed by atoms with Crippen LogP contribution in [0.1, 0.15) is 11.1 Å². The van der Waals surface area contributed by atoms with Crippen LogP contribution >= 0.6 is 11.6 Å². The Morgan fingerprint density at radius 2 is 2.31 bits per heavy atom. The minimum atomic E-state index is -0.00941. The van der Waals surface area contributed by atoms with Gasteiger partial charge in [0.2, 0.25) is 0 Å². The molecule has 0 unspecified atom stereocenters. The Morgan fingerprint density at radius 1 is 1.54 bits per heavy atom. The van der Waals surface area contributed by atoms with Crippen LogP contribution in [0.15, 0.2) is 24.3 Å². The van der Waals surface area contributed by atoms with Crippen LogP contribution in [-0.4, -0.2) is 11.7 Å². The Balaban J connectivity index is 3.01. The normalized spacial score (nSPS) is 10.2. The molecule has 3 heteroatoms. The van der Waals surface area contributed by atoms with Crippen molar-refractivity contribution in [3.05, 3.63) is 40.4 Å². The maximum Gasteiger partial charge on any atom is 0.101 e. The average Bonchev–Trinajstić information content (AvgIpc) is 2.16. The van der Waals surface area contributed by atoms with Crippen LogP contribution in [0, 0.1) is 11.3 Å². The summed E-state index contributed by atoms with van der Waals surface area (Å²) in [7, 11) is 0. The summed E-state index contributed by atoms with van der Waals surface area (Å²) in [6, 6.07) is 7.11. The average molecular weight is 194 g/mol. The van der Waals surface area contributed by atoms with E-state index in [9.17, 15) is 0 Å². The van der Waals surface area contributed by atoms with Crippen LogP contribution < -0.4 is 0 Å². The smallest absolute Gasteiger partial charge is 0.101 e. The first-order valence-corrected chi connectivity index (χ1v) is 4.13. The number of halogens is 1. The lowest BCUT2D eigenvalue weighted by Crippen LogP contribution is -1.80. The molecule has 0 bridgehead atoms. The van der Waals surface area contributed by atoms with Gasteiger partial charge in [-0.2, -0.15) is 5.26 Å². The zero-order valence-corrected chi connectivity index (χ0v) is 7.62. The summed E-state index contributed by atoms with van der Waals surface area (Å²) in [4.78, 5) is 0. The summed E-state index contributed by atoms with van der Waals surface area (Å²) in [5.74, 6) is 0. The molecule has 2 nitrogen and oxygen atoms in total. The molecule has 0 heterocycles. The van der Waals surface area contributed by atoms with E-state index in [0.717, 1.165) is 5.56 Å². The second-order valence-electron chi connectivity index (χ2n) is 2.44. The van der Waals surface area contributed by atoms with Crippen molar-refractivity contribution in [3.8, 4) is 6.07 Å². The number of rotatable bonds is 2. The monoisotopic (exact) mass is 193 g/mol. The van der Waals surface area contributed by atoms with Gasteiger partial charge in [0.25, 0.3) is 0 Å². The molecule has 0 aliphatic heterocycles. The molecule has 0 amide bonds. The van der Waals surface area contributed by atoms with Gasteiger partial charge in [-0.25, -0.2) is 0 Å². The number of aliphatic hydroxyl groups is 1. The largest absolute Gasteiger partial charge is 0.392 e. The summed E-state index contributed by atoms with van der Waals surface area (Å²) >= 11 is 5.73. The topological polar surface area (TPSA) is 44.0 Å². The molecule has 1 aromatic carbocycles. The molecule has 0 aromatic heterocycles. The van der Waals surface area contributed by atoms with E-state index in [1.165, 1.54) is 0 Å². The quantitative estimate of drug-likeness (QED) is 0.783. The predicted octanol–water partition coefficient (Wildman–Crippen LogP) is 2.22. The van der Waals surface area contributed by atoms with Gasteiger partial charge in [0.1, 0.15) is 6.07 Å². The SMILES string of the molecule is N#Cc1cc(C=CCO)ccc1Cl. The first-order chi connectivity index (χ1) is 6.27. The highest BCUT2D eigenvalue weighted by Crippen LogP contribution is 2.17. The van der Waals surface area contributed by atoms with Crippen molar-refractivity contribution in [3.63, 3.8) is 0 Å². The standard InChI is InChI=1S/C10H8ClNO/c11-10-4-3-8(2-1-5-13)6-9(10)7-12/h1-4,6,13H,5H2. The van der Waals surface area contributed by atoms with Gasteiger partial charge in [-0.05, 0) is 17.7 Å². The van der Waals surface area contributed by atoms with Crippen molar-refractivity contribution in [1.82, 2.24) is 0 Å². The van der Waals surface area contributed by atoms with E-state index in [2.05, 4.69) is 0 Å². The maximum absolute atomic E-state index is 8.66. The molecule has 0 aliphatic rings. The highest BCUT2D eigenvalue weighted by atomic mass is 35.5. The third kappa shape index (κ3) is 2.59. The van der Waals surface area contributed by atoms with Crippen molar-refractivity contribution < 1.29 is 5.11 Å². The van der Waals surface area contributed by atoms with Gasteiger partial charge >= 0.3 is 0 Å². The number of nitriles is 1. The predicted molar refractivity (Wildman–Crippen MR) is 52.3 cm³/mol. The highest BCUT2D eigenvalue weighted by Gasteiger charge is 1.98. The van der Waals surface area contributed by atoms with E-state index in [-0.39, 0.29) is 6.61 Å². The molecule has 0 radical (unpaired) electrons. The molecule has 0 fully saturated rings. The first kappa shape index (κ1) is 9.79. The van der Waals surface area contributed by atoms with Crippen LogP contribution in [0.25, 0.3) is 6.08 Å². The molecule has 66 valence electrons. The van der Waals surface area contributed by atoms with E-state index in [1.54, 1.807) is 30.4 Å². The molecule has 0 aliphatic carbocycles. The zero-order chi connectivity index (χ0) is 9.68. The molecule has 0 atom stereocenters. The van der Waals surface area contributed by atoms with Gasteiger partial charge < -0.3 is 5.11 Å². The van der Waals surface area contributed by atoms with Crippen LogP contribution in [-0.2, 0) is 0 Å². The van der Waals surface area contributed by atoms with Crippen LogP contribution in [0.3, 0.4) is 0 Å². The molecule has 13 heavy (non-hydrogen) atoms. The van der Waals surface area contributed by atoms with Gasteiger partial charge in [0.05, 0.1) is 17.2 Å². The van der Waals surface area contributed by atoms with E-state index >= 15 is 0 Å². The molecule has 1 aromatic rings. The Morgan fingerprint density at radius 3 is 2.92 bits per heavy atom. The number of aliphatic hydroxyl groups excluding tert-OH is 1. The maximum atomic E-state index is 8.66. The zero-order valence-electron chi connectivity index (χ0n) is 6.87. The molecule has 0 saturated heterocycles. The minimum absolute atomic E-state index is 0.00941. The van der Waals surface area contributed by atoms with Crippen LogP contribution in [0.5, 0.6) is 0 Å². The van der Waals surface area contributed by atoms with Gasteiger partial charge in [0, 0.05) is 0 Å². The first-order valence-electron chi connectivity index (χ1n) is 3.75. The Kier molecular flexibility index (Phi) is 3.51. The van der Waals surface area contributed by atoms with E-state index in [4.69, 9.17) is 22.0 Å². The fourth-order valence-electron chi connectivity index (χ4n) is 0.921. The highest BCUT2D eigenvalue weighted by molar-refractivity contribution is 6.31. The summed E-state index contributed by atoms with van der Waals surface area (Å²) in [5, 5.41) is 17.6.